The Bertz CT molecular complexity index is 803. The predicted molar refractivity (Wildman–Crippen MR) is 106 cm³/mol. The molecule has 1 saturated carbocycles. The minimum absolute atomic E-state index is 0.0176. The number of para-hydroxylation sites is 1. The van der Waals surface area contributed by atoms with E-state index in [0.717, 1.165) is 16.9 Å². The number of hydrogen-bond donors (Lipinski definition) is 3. The number of carboxylic acid groups (broad SMARTS) is 1. The van der Waals surface area contributed by atoms with Crippen LogP contribution in [0.4, 0.5) is 0 Å². The van der Waals surface area contributed by atoms with Crippen LogP contribution in [0.1, 0.15) is 50.2 Å². The zero-order valence-electron chi connectivity index (χ0n) is 16.3. The SMILES string of the molecule is CC#CC[C@H](C)[C@H](O)/C=C/[C@H]1[C@@H]2c3cccc(CCC(=O)O)c3O[C@@H]2C[C@@H]1O. The molecule has 0 aromatic heterocycles. The normalized spacial score (nSPS) is 27.4. The van der Waals surface area contributed by atoms with Crippen molar-refractivity contribution in [3.63, 3.8) is 0 Å². The van der Waals surface area contributed by atoms with Gasteiger partial charge in [-0.05, 0) is 24.8 Å². The fraction of sp³-hybridized carbons (Fsp3) is 0.522. The maximum absolute atomic E-state index is 10.9. The Hall–Kier alpha value is -2.29. The van der Waals surface area contributed by atoms with Gasteiger partial charge in [0.25, 0.3) is 0 Å². The molecule has 5 heteroatoms. The molecule has 1 aromatic rings. The summed E-state index contributed by atoms with van der Waals surface area (Å²) in [6.45, 7) is 3.74. The lowest BCUT2D eigenvalue weighted by Gasteiger charge is -2.19. The number of ether oxygens (including phenoxy) is 1. The number of hydrogen-bond acceptors (Lipinski definition) is 4. The van der Waals surface area contributed by atoms with Crippen LogP contribution in [0, 0.1) is 23.7 Å². The van der Waals surface area contributed by atoms with Gasteiger partial charge < -0.3 is 20.1 Å². The van der Waals surface area contributed by atoms with Crippen molar-refractivity contribution < 1.29 is 24.9 Å². The number of aryl methyl sites for hydroxylation is 1. The van der Waals surface area contributed by atoms with E-state index in [1.54, 1.807) is 13.0 Å². The third-order valence-electron chi connectivity index (χ3n) is 5.81. The molecule has 0 bridgehead atoms. The topological polar surface area (TPSA) is 87.0 Å². The molecule has 0 radical (unpaired) electrons. The van der Waals surface area contributed by atoms with E-state index in [0.29, 0.717) is 19.3 Å². The number of carboxylic acids is 1. The van der Waals surface area contributed by atoms with Crippen molar-refractivity contribution in [1.82, 2.24) is 0 Å². The van der Waals surface area contributed by atoms with E-state index in [-0.39, 0.29) is 30.3 Å². The second kappa shape index (κ2) is 8.81. The monoisotopic (exact) mass is 384 g/mol. The Morgan fingerprint density at radius 2 is 2.21 bits per heavy atom. The van der Waals surface area contributed by atoms with Crippen LogP contribution in [0.15, 0.2) is 30.4 Å². The average molecular weight is 384 g/mol. The standard InChI is InChI=1S/C23H28O5/c1-3-4-6-14(2)18(24)11-10-16-19(25)13-20-22(16)17-8-5-7-15(23(17)28-20)9-12-21(26)27/h5,7-8,10-11,14,16,18-20,22,24-25H,6,9,12-13H2,1-2H3,(H,26,27)/b11-10+/t14-,16+,18+,19-,20+,22+/m0/s1. The molecule has 1 heterocycles. The molecule has 0 spiro atoms. The lowest BCUT2D eigenvalue weighted by molar-refractivity contribution is -0.136. The van der Waals surface area contributed by atoms with Gasteiger partial charge in [-0.2, -0.15) is 0 Å². The molecule has 3 rings (SSSR count). The van der Waals surface area contributed by atoms with Crippen molar-refractivity contribution in [2.24, 2.45) is 11.8 Å². The number of carbonyl (C=O) groups is 1. The van der Waals surface area contributed by atoms with Crippen molar-refractivity contribution in [1.29, 1.82) is 0 Å². The molecular formula is C23H28O5. The largest absolute Gasteiger partial charge is 0.489 e. The van der Waals surface area contributed by atoms with Gasteiger partial charge in [-0.15, -0.1) is 11.8 Å². The molecule has 3 N–H and O–H groups in total. The van der Waals surface area contributed by atoms with Gasteiger partial charge in [0, 0.05) is 36.7 Å². The highest BCUT2D eigenvalue weighted by molar-refractivity contribution is 5.67. The highest BCUT2D eigenvalue weighted by Gasteiger charge is 2.48. The van der Waals surface area contributed by atoms with E-state index in [4.69, 9.17) is 9.84 Å². The Labute approximate surface area is 166 Å². The molecule has 0 saturated heterocycles. The first-order valence-electron chi connectivity index (χ1n) is 9.86. The van der Waals surface area contributed by atoms with Crippen molar-refractivity contribution >= 4 is 5.97 Å². The van der Waals surface area contributed by atoms with E-state index in [9.17, 15) is 15.0 Å². The summed E-state index contributed by atoms with van der Waals surface area (Å²) >= 11 is 0. The second-order valence-electron chi connectivity index (χ2n) is 7.78. The molecule has 2 aliphatic rings. The number of aliphatic hydroxyl groups is 2. The molecule has 0 unspecified atom stereocenters. The minimum atomic E-state index is -0.831. The highest BCUT2D eigenvalue weighted by atomic mass is 16.5. The van der Waals surface area contributed by atoms with Gasteiger partial charge in [0.15, 0.2) is 0 Å². The first-order chi connectivity index (χ1) is 13.4. The number of aliphatic carboxylic acids is 1. The molecule has 150 valence electrons. The lowest BCUT2D eigenvalue weighted by atomic mass is 9.86. The maximum atomic E-state index is 10.9. The van der Waals surface area contributed by atoms with E-state index >= 15 is 0 Å². The number of aliphatic hydroxyl groups excluding tert-OH is 2. The molecule has 6 atom stereocenters. The third-order valence-corrected chi connectivity index (χ3v) is 5.81. The average Bonchev–Trinajstić information content (AvgIpc) is 3.17. The number of benzene rings is 1. The van der Waals surface area contributed by atoms with Gasteiger partial charge in [0.1, 0.15) is 11.9 Å². The van der Waals surface area contributed by atoms with Crippen LogP contribution in [-0.2, 0) is 11.2 Å². The summed E-state index contributed by atoms with van der Waals surface area (Å²) in [5, 5.41) is 29.9. The van der Waals surface area contributed by atoms with Crippen LogP contribution >= 0.6 is 0 Å². The molecule has 28 heavy (non-hydrogen) atoms. The molecule has 1 fully saturated rings. The zero-order valence-corrected chi connectivity index (χ0v) is 16.3. The summed E-state index contributed by atoms with van der Waals surface area (Å²) < 4.78 is 6.13. The van der Waals surface area contributed by atoms with E-state index < -0.39 is 18.2 Å². The van der Waals surface area contributed by atoms with Crippen molar-refractivity contribution in [3.8, 4) is 17.6 Å². The minimum Gasteiger partial charge on any atom is -0.489 e. The Morgan fingerprint density at radius 1 is 1.43 bits per heavy atom. The molecule has 1 aromatic carbocycles. The maximum Gasteiger partial charge on any atom is 0.303 e. The summed E-state index contributed by atoms with van der Waals surface area (Å²) in [7, 11) is 0. The van der Waals surface area contributed by atoms with Crippen LogP contribution < -0.4 is 4.74 Å². The van der Waals surface area contributed by atoms with Gasteiger partial charge in [0.2, 0.25) is 0 Å². The van der Waals surface area contributed by atoms with Gasteiger partial charge in [-0.1, -0.05) is 37.3 Å². The number of fused-ring (bicyclic) bond motifs is 3. The fourth-order valence-electron chi connectivity index (χ4n) is 4.22. The summed E-state index contributed by atoms with van der Waals surface area (Å²) in [4.78, 5) is 10.9. The van der Waals surface area contributed by atoms with E-state index in [1.165, 1.54) is 0 Å². The summed E-state index contributed by atoms with van der Waals surface area (Å²) in [5.41, 5.74) is 1.93. The van der Waals surface area contributed by atoms with Crippen LogP contribution in [-0.4, -0.2) is 39.6 Å². The van der Waals surface area contributed by atoms with Crippen LogP contribution in [0.5, 0.6) is 5.75 Å². The first kappa shape index (κ1) is 20.4. The Morgan fingerprint density at radius 3 is 2.93 bits per heavy atom. The predicted octanol–water partition coefficient (Wildman–Crippen LogP) is 2.90. The Kier molecular flexibility index (Phi) is 6.43. The second-order valence-corrected chi connectivity index (χ2v) is 7.78. The summed E-state index contributed by atoms with van der Waals surface area (Å²) in [6, 6.07) is 5.83. The molecule has 5 nitrogen and oxygen atoms in total. The quantitative estimate of drug-likeness (QED) is 0.497. The molecule has 1 aliphatic carbocycles. The number of rotatable bonds is 7. The molecule has 1 aliphatic heterocycles. The van der Waals surface area contributed by atoms with Crippen LogP contribution in [0.25, 0.3) is 0 Å². The van der Waals surface area contributed by atoms with Gasteiger partial charge in [-0.3, -0.25) is 4.79 Å². The van der Waals surface area contributed by atoms with Crippen LogP contribution in [0.2, 0.25) is 0 Å². The third kappa shape index (κ3) is 4.24. The van der Waals surface area contributed by atoms with Crippen molar-refractivity contribution in [2.75, 3.05) is 0 Å². The summed E-state index contributed by atoms with van der Waals surface area (Å²) in [5.74, 6) is 5.67. The highest BCUT2D eigenvalue weighted by Crippen LogP contribution is 2.52. The lowest BCUT2D eigenvalue weighted by Crippen LogP contribution is -2.19. The van der Waals surface area contributed by atoms with E-state index in [2.05, 4.69) is 11.8 Å². The molecule has 0 amide bonds. The summed E-state index contributed by atoms with van der Waals surface area (Å²) in [6.07, 6.45) is 4.06. The van der Waals surface area contributed by atoms with Crippen molar-refractivity contribution in [2.45, 2.75) is 63.8 Å². The Balaban J connectivity index is 1.78. The van der Waals surface area contributed by atoms with Gasteiger partial charge in [0.05, 0.1) is 12.2 Å². The fourth-order valence-corrected chi connectivity index (χ4v) is 4.22. The van der Waals surface area contributed by atoms with E-state index in [1.807, 2.05) is 31.2 Å². The van der Waals surface area contributed by atoms with Gasteiger partial charge >= 0.3 is 5.97 Å². The first-order valence-corrected chi connectivity index (χ1v) is 9.86. The van der Waals surface area contributed by atoms with Crippen molar-refractivity contribution in [3.05, 3.63) is 41.5 Å². The van der Waals surface area contributed by atoms with Gasteiger partial charge in [-0.25, -0.2) is 0 Å². The zero-order chi connectivity index (χ0) is 20.3. The smallest absolute Gasteiger partial charge is 0.303 e. The van der Waals surface area contributed by atoms with Crippen LogP contribution in [0.3, 0.4) is 0 Å². The molecular weight excluding hydrogens is 356 g/mol.